The number of fused-ring (bicyclic) bond motifs is 1. The molecule has 0 radical (unpaired) electrons. The Morgan fingerprint density at radius 2 is 2.27 bits per heavy atom. The highest BCUT2D eigenvalue weighted by Gasteiger charge is 2.16. The molecule has 2 aromatic rings. The molecule has 1 aromatic heterocycles. The van der Waals surface area contributed by atoms with Crippen LogP contribution in [0.2, 0.25) is 5.02 Å². The molecule has 6 heteroatoms. The molecule has 0 bridgehead atoms. The van der Waals surface area contributed by atoms with Gasteiger partial charge in [0.2, 0.25) is 5.88 Å². The van der Waals surface area contributed by atoms with E-state index < -0.39 is 0 Å². The Kier molecular flexibility index (Phi) is 2.24. The zero-order valence-electron chi connectivity index (χ0n) is 7.84. The zero-order chi connectivity index (χ0) is 11.0. The zero-order valence-corrected chi connectivity index (χ0v) is 8.59. The van der Waals surface area contributed by atoms with Gasteiger partial charge in [-0.3, -0.25) is 0 Å². The summed E-state index contributed by atoms with van der Waals surface area (Å²) in [4.78, 5) is 2.67. The average molecular weight is 226 g/mol. The largest absolute Gasteiger partial charge is 0.495 e. The summed E-state index contributed by atoms with van der Waals surface area (Å²) in [7, 11) is 1.50. The Labute approximate surface area is 90.1 Å². The van der Waals surface area contributed by atoms with Crippen LogP contribution in [0, 0.1) is 5.53 Å². The van der Waals surface area contributed by atoms with Crippen LogP contribution in [0.4, 0.5) is 5.69 Å². The maximum absolute atomic E-state index is 9.45. The second-order valence-electron chi connectivity index (χ2n) is 2.94. The molecule has 1 aromatic carbocycles. The lowest BCUT2D eigenvalue weighted by molar-refractivity contribution is 0.415. The molecular formula is C9H8ClN3O2. The predicted molar refractivity (Wildman–Crippen MR) is 56.3 cm³/mol. The number of H-pyrrole nitrogens is 1. The number of aromatic hydroxyl groups is 1. The molecular weight excluding hydrogens is 218 g/mol. The SMILES string of the molecule is COc1ccc2[nH]c(O)c(N=N)c2c1Cl. The number of nitrogens with one attached hydrogen (secondary N) is 2. The quantitative estimate of drug-likeness (QED) is 0.686. The molecule has 0 fully saturated rings. The second-order valence-corrected chi connectivity index (χ2v) is 3.32. The number of methoxy groups -OCH3 is 1. The fraction of sp³-hybridized carbons (Fsp3) is 0.111. The summed E-state index contributed by atoms with van der Waals surface area (Å²) in [6.07, 6.45) is 0. The second kappa shape index (κ2) is 3.43. The van der Waals surface area contributed by atoms with Gasteiger partial charge in [0.15, 0.2) is 5.69 Å². The minimum absolute atomic E-state index is 0.119. The number of aromatic amines is 1. The van der Waals surface area contributed by atoms with Gasteiger partial charge in [-0.05, 0) is 12.1 Å². The summed E-state index contributed by atoms with van der Waals surface area (Å²) in [5, 5.41) is 13.5. The number of hydrogen-bond donors (Lipinski definition) is 3. The van der Waals surface area contributed by atoms with Gasteiger partial charge in [-0.2, -0.15) is 5.11 Å². The molecule has 3 N–H and O–H groups in total. The lowest BCUT2D eigenvalue weighted by Gasteiger charge is -2.03. The summed E-state index contributed by atoms with van der Waals surface area (Å²) in [6.45, 7) is 0. The Balaban J connectivity index is 2.89. The number of aromatic nitrogens is 1. The number of benzene rings is 1. The summed E-state index contributed by atoms with van der Waals surface area (Å²) in [6, 6.07) is 3.38. The van der Waals surface area contributed by atoms with Crippen LogP contribution in [0.5, 0.6) is 11.6 Å². The molecule has 0 unspecified atom stereocenters. The Hall–Kier alpha value is -1.75. The molecule has 0 atom stereocenters. The topological polar surface area (TPSA) is 81.5 Å². The van der Waals surface area contributed by atoms with Gasteiger partial charge < -0.3 is 14.8 Å². The standard InChI is InChI=1S/C9H8ClN3O2/c1-15-5-3-2-4-6(7(5)10)8(13-11)9(14)12-4/h2-3,11-12,14H,1H3. The maximum Gasteiger partial charge on any atom is 0.218 e. The predicted octanol–water partition coefficient (Wildman–Crippen LogP) is 3.20. The minimum Gasteiger partial charge on any atom is -0.495 e. The third kappa shape index (κ3) is 1.32. The van der Waals surface area contributed by atoms with Gasteiger partial charge in [0.05, 0.1) is 23.0 Å². The third-order valence-electron chi connectivity index (χ3n) is 2.15. The number of nitrogens with zero attached hydrogens (tertiary/aromatic N) is 1. The van der Waals surface area contributed by atoms with E-state index in [9.17, 15) is 5.11 Å². The van der Waals surface area contributed by atoms with Crippen molar-refractivity contribution >= 4 is 28.2 Å². The van der Waals surface area contributed by atoms with Crippen molar-refractivity contribution in [3.05, 3.63) is 17.2 Å². The molecule has 2 rings (SSSR count). The lowest BCUT2D eigenvalue weighted by atomic mass is 10.2. The minimum atomic E-state index is -0.171. The summed E-state index contributed by atoms with van der Waals surface area (Å²) in [5.41, 5.74) is 7.69. The van der Waals surface area contributed by atoms with Crippen LogP contribution in [0.15, 0.2) is 17.2 Å². The molecule has 0 saturated carbocycles. The van der Waals surface area contributed by atoms with Gasteiger partial charge in [0.25, 0.3) is 0 Å². The number of rotatable bonds is 2. The van der Waals surface area contributed by atoms with Crippen LogP contribution in [0.25, 0.3) is 10.9 Å². The molecule has 0 spiro atoms. The summed E-state index contributed by atoms with van der Waals surface area (Å²) < 4.78 is 5.03. The van der Waals surface area contributed by atoms with Crippen LogP contribution in [-0.2, 0) is 0 Å². The van der Waals surface area contributed by atoms with Crippen molar-refractivity contribution in [1.29, 1.82) is 5.53 Å². The number of halogens is 1. The van der Waals surface area contributed by atoms with Crippen molar-refractivity contribution in [2.24, 2.45) is 5.11 Å². The summed E-state index contributed by atoms with van der Waals surface area (Å²) >= 11 is 6.04. The van der Waals surface area contributed by atoms with E-state index in [1.807, 2.05) is 0 Å². The van der Waals surface area contributed by atoms with Gasteiger partial charge in [-0.15, -0.1) is 0 Å². The maximum atomic E-state index is 9.45. The molecule has 0 amide bonds. The highest BCUT2D eigenvalue weighted by Crippen LogP contribution is 2.42. The van der Waals surface area contributed by atoms with Crippen molar-refractivity contribution in [3.63, 3.8) is 0 Å². The first kappa shape index (κ1) is 9.79. The molecule has 78 valence electrons. The average Bonchev–Trinajstić information content (AvgIpc) is 2.55. The van der Waals surface area contributed by atoms with E-state index in [2.05, 4.69) is 10.1 Å². The fourth-order valence-corrected chi connectivity index (χ4v) is 1.80. The molecule has 15 heavy (non-hydrogen) atoms. The van der Waals surface area contributed by atoms with Crippen LogP contribution < -0.4 is 4.74 Å². The number of hydrogen-bond acceptors (Lipinski definition) is 4. The van der Waals surface area contributed by atoms with Gasteiger partial charge in [-0.1, -0.05) is 11.6 Å². The highest BCUT2D eigenvalue weighted by atomic mass is 35.5. The molecule has 0 aliphatic heterocycles. The first-order chi connectivity index (χ1) is 7.19. The van der Waals surface area contributed by atoms with E-state index in [1.54, 1.807) is 12.1 Å². The molecule has 0 aliphatic carbocycles. The molecule has 1 heterocycles. The van der Waals surface area contributed by atoms with E-state index in [4.69, 9.17) is 21.9 Å². The molecule has 0 saturated heterocycles. The third-order valence-corrected chi connectivity index (χ3v) is 2.53. The van der Waals surface area contributed by atoms with Crippen molar-refractivity contribution in [1.82, 2.24) is 4.98 Å². The van der Waals surface area contributed by atoms with Gasteiger partial charge >= 0.3 is 0 Å². The Bertz CT molecular complexity index is 536. The first-order valence-corrected chi connectivity index (χ1v) is 4.51. The smallest absolute Gasteiger partial charge is 0.218 e. The van der Waals surface area contributed by atoms with Crippen LogP contribution in [0.3, 0.4) is 0 Å². The molecule has 5 nitrogen and oxygen atoms in total. The monoisotopic (exact) mass is 225 g/mol. The van der Waals surface area contributed by atoms with E-state index in [0.29, 0.717) is 21.7 Å². The van der Waals surface area contributed by atoms with Crippen molar-refractivity contribution < 1.29 is 9.84 Å². The van der Waals surface area contributed by atoms with Crippen molar-refractivity contribution in [2.45, 2.75) is 0 Å². The van der Waals surface area contributed by atoms with E-state index in [1.165, 1.54) is 7.11 Å². The van der Waals surface area contributed by atoms with Crippen LogP contribution in [0.1, 0.15) is 0 Å². The Morgan fingerprint density at radius 1 is 1.53 bits per heavy atom. The molecule has 0 aliphatic rings. The van der Waals surface area contributed by atoms with E-state index in [-0.39, 0.29) is 11.6 Å². The lowest BCUT2D eigenvalue weighted by Crippen LogP contribution is -1.83. The van der Waals surface area contributed by atoms with Crippen molar-refractivity contribution in [3.8, 4) is 11.6 Å². The van der Waals surface area contributed by atoms with Gasteiger partial charge in [-0.25, -0.2) is 5.53 Å². The highest BCUT2D eigenvalue weighted by molar-refractivity contribution is 6.38. The van der Waals surface area contributed by atoms with Crippen LogP contribution in [-0.4, -0.2) is 17.2 Å². The van der Waals surface area contributed by atoms with Crippen LogP contribution >= 0.6 is 11.6 Å². The van der Waals surface area contributed by atoms with Gasteiger partial charge in [0, 0.05) is 0 Å². The van der Waals surface area contributed by atoms with Gasteiger partial charge in [0.1, 0.15) is 5.75 Å². The van der Waals surface area contributed by atoms with E-state index in [0.717, 1.165) is 0 Å². The van der Waals surface area contributed by atoms with Crippen molar-refractivity contribution in [2.75, 3.05) is 7.11 Å². The Morgan fingerprint density at radius 3 is 2.87 bits per heavy atom. The van der Waals surface area contributed by atoms with E-state index >= 15 is 0 Å². The first-order valence-electron chi connectivity index (χ1n) is 4.13. The number of ether oxygens (including phenoxy) is 1. The normalized spacial score (nSPS) is 10.5. The fourth-order valence-electron chi connectivity index (χ4n) is 1.46. The summed E-state index contributed by atoms with van der Waals surface area (Å²) in [5.74, 6) is 0.309.